The zero-order valence-corrected chi connectivity index (χ0v) is 18.5. The van der Waals surface area contributed by atoms with Crippen LogP contribution in [0.3, 0.4) is 0 Å². The highest BCUT2D eigenvalue weighted by Crippen LogP contribution is 2.41. The van der Waals surface area contributed by atoms with Gasteiger partial charge in [0, 0.05) is 13.2 Å². The van der Waals surface area contributed by atoms with Gasteiger partial charge in [-0.25, -0.2) is 4.79 Å². The third-order valence-corrected chi connectivity index (χ3v) is 10.3. The van der Waals surface area contributed by atoms with E-state index in [-0.39, 0.29) is 17.3 Å². The van der Waals surface area contributed by atoms with Crippen molar-refractivity contribution >= 4 is 14.6 Å². The van der Waals surface area contributed by atoms with Crippen molar-refractivity contribution in [3.05, 3.63) is 32.6 Å². The number of carbonyl (C=O) groups excluding carboxylic acids is 1. The molecule has 11 heteroatoms. The molecule has 0 aliphatic carbocycles. The first-order chi connectivity index (χ1) is 13.5. The van der Waals surface area contributed by atoms with Crippen LogP contribution >= 0.6 is 0 Å². The largest absolute Gasteiger partial charge is 0.414 e. The summed E-state index contributed by atoms with van der Waals surface area (Å²) >= 11 is 0. The summed E-state index contributed by atoms with van der Waals surface area (Å²) in [4.78, 5) is 37.6. The van der Waals surface area contributed by atoms with E-state index in [0.717, 1.165) is 10.6 Å². The number of ether oxygens (including phenoxy) is 4. The first-order valence-electron chi connectivity index (χ1n) is 9.42. The van der Waals surface area contributed by atoms with Gasteiger partial charge in [0.15, 0.2) is 20.8 Å². The Morgan fingerprint density at radius 3 is 2.45 bits per heavy atom. The van der Waals surface area contributed by atoms with Crippen LogP contribution in [0.25, 0.3) is 0 Å². The lowest BCUT2D eigenvalue weighted by molar-refractivity contribution is -0.256. The van der Waals surface area contributed by atoms with Crippen LogP contribution in [0.4, 0.5) is 0 Å². The van der Waals surface area contributed by atoms with E-state index >= 15 is 0 Å². The molecule has 1 N–H and O–H groups in total. The highest BCUT2D eigenvalue weighted by atomic mass is 28.4. The molecule has 2 fully saturated rings. The Morgan fingerprint density at radius 1 is 1.21 bits per heavy atom. The van der Waals surface area contributed by atoms with E-state index in [1.54, 1.807) is 0 Å². The SMILES string of the molecule is COC1O[C@@H]2[C@H](O1)[C@@H](CO[Si](C)(C)C(C)(C)C)O[C@H]2n1c(C=O)cc(=O)[nH]c1=O. The van der Waals surface area contributed by atoms with Crippen molar-refractivity contribution in [1.29, 1.82) is 0 Å². The van der Waals surface area contributed by atoms with Crippen molar-refractivity contribution < 1.29 is 28.2 Å². The number of nitrogens with one attached hydrogen (secondary N) is 1. The van der Waals surface area contributed by atoms with Crippen LogP contribution in [0.5, 0.6) is 0 Å². The molecule has 0 amide bonds. The maximum atomic E-state index is 12.4. The molecule has 3 rings (SSSR count). The summed E-state index contributed by atoms with van der Waals surface area (Å²) < 4.78 is 30.0. The third-order valence-electron chi connectivity index (χ3n) is 5.81. The number of hydrogen-bond donors (Lipinski definition) is 1. The van der Waals surface area contributed by atoms with Crippen LogP contribution in [0.15, 0.2) is 15.7 Å². The van der Waals surface area contributed by atoms with E-state index in [1.807, 2.05) is 0 Å². The number of aromatic nitrogens is 2. The summed E-state index contributed by atoms with van der Waals surface area (Å²) in [5.74, 6) is 0. The van der Waals surface area contributed by atoms with Gasteiger partial charge >= 0.3 is 5.69 Å². The van der Waals surface area contributed by atoms with E-state index < -0.39 is 50.6 Å². The lowest BCUT2D eigenvalue weighted by Gasteiger charge is -2.37. The first-order valence-corrected chi connectivity index (χ1v) is 12.3. The number of carbonyl (C=O) groups is 1. The summed E-state index contributed by atoms with van der Waals surface area (Å²) in [5, 5.41) is 0.00699. The predicted molar refractivity (Wildman–Crippen MR) is 104 cm³/mol. The standard InChI is InChI=1S/C18H28N2O8Si/c1-18(2,3)29(5,6)25-9-11-13-14(28-17(24-4)27-13)15(26-11)20-10(8-21)7-12(22)19-16(20)23/h7-8,11,13-15,17H,9H2,1-6H3,(H,19,22,23)/t11-,13-,14-,15-,17?/m1/s1. The second kappa shape index (κ2) is 7.89. The lowest BCUT2D eigenvalue weighted by Crippen LogP contribution is -2.44. The van der Waals surface area contributed by atoms with E-state index in [0.29, 0.717) is 6.29 Å². The Balaban J connectivity index is 1.90. The second-order valence-electron chi connectivity index (χ2n) is 8.71. The number of nitrogens with zero attached hydrogens (tertiary/aromatic N) is 1. The van der Waals surface area contributed by atoms with Crippen molar-refractivity contribution in [3.63, 3.8) is 0 Å². The lowest BCUT2D eigenvalue weighted by atomic mass is 10.1. The Labute approximate surface area is 169 Å². The number of rotatable bonds is 6. The minimum atomic E-state index is -2.06. The highest BCUT2D eigenvalue weighted by molar-refractivity contribution is 6.74. The number of aromatic amines is 1. The van der Waals surface area contributed by atoms with Crippen LogP contribution in [0, 0.1) is 0 Å². The zero-order valence-electron chi connectivity index (χ0n) is 17.5. The minimum absolute atomic E-state index is 0.00699. The van der Waals surface area contributed by atoms with Crippen molar-refractivity contribution in [2.45, 2.75) is 69.9 Å². The van der Waals surface area contributed by atoms with E-state index in [4.69, 9.17) is 23.4 Å². The molecule has 5 atom stereocenters. The van der Waals surface area contributed by atoms with E-state index in [9.17, 15) is 14.4 Å². The molecule has 3 heterocycles. The van der Waals surface area contributed by atoms with Crippen molar-refractivity contribution in [2.75, 3.05) is 13.7 Å². The fourth-order valence-corrected chi connectivity index (χ4v) is 4.16. The maximum Gasteiger partial charge on any atom is 0.331 e. The third kappa shape index (κ3) is 4.16. The van der Waals surface area contributed by atoms with Crippen LogP contribution in [0.1, 0.15) is 37.5 Å². The van der Waals surface area contributed by atoms with E-state index in [2.05, 4.69) is 38.8 Å². The van der Waals surface area contributed by atoms with Gasteiger partial charge < -0.3 is 23.4 Å². The molecule has 162 valence electrons. The van der Waals surface area contributed by atoms with Crippen LogP contribution in [0.2, 0.25) is 18.1 Å². The molecule has 2 saturated heterocycles. The monoisotopic (exact) mass is 428 g/mol. The molecular formula is C18H28N2O8Si. The number of H-pyrrole nitrogens is 1. The highest BCUT2D eigenvalue weighted by Gasteiger charge is 2.55. The Hall–Kier alpha value is -1.63. The predicted octanol–water partition coefficient (Wildman–Crippen LogP) is 0.982. The van der Waals surface area contributed by atoms with Gasteiger partial charge in [-0.15, -0.1) is 0 Å². The zero-order chi connectivity index (χ0) is 21.6. The molecule has 10 nitrogen and oxygen atoms in total. The van der Waals surface area contributed by atoms with Crippen LogP contribution < -0.4 is 11.2 Å². The Bertz CT molecular complexity index is 874. The molecular weight excluding hydrogens is 400 g/mol. The van der Waals surface area contributed by atoms with Crippen LogP contribution in [-0.4, -0.2) is 62.7 Å². The fourth-order valence-electron chi connectivity index (χ4n) is 3.14. The molecule has 29 heavy (non-hydrogen) atoms. The van der Waals surface area contributed by atoms with Gasteiger partial charge in [-0.2, -0.15) is 0 Å². The van der Waals surface area contributed by atoms with Gasteiger partial charge in [-0.1, -0.05) is 20.8 Å². The van der Waals surface area contributed by atoms with Gasteiger partial charge in [0.2, 0.25) is 0 Å². The van der Waals surface area contributed by atoms with Gasteiger partial charge in [-0.05, 0) is 18.1 Å². The van der Waals surface area contributed by atoms with Gasteiger partial charge in [0.25, 0.3) is 12.0 Å². The van der Waals surface area contributed by atoms with Gasteiger partial charge in [0.1, 0.15) is 18.3 Å². The molecule has 0 bridgehead atoms. The smallest absolute Gasteiger partial charge is 0.331 e. The second-order valence-corrected chi connectivity index (χ2v) is 13.5. The topological polar surface area (TPSA) is 118 Å². The first kappa shape index (κ1) is 22.1. The molecule has 2 aliphatic heterocycles. The molecule has 2 aliphatic rings. The Kier molecular flexibility index (Phi) is 6.00. The molecule has 1 aromatic rings. The molecule has 0 saturated carbocycles. The Morgan fingerprint density at radius 2 is 1.86 bits per heavy atom. The molecule has 0 spiro atoms. The molecule has 0 radical (unpaired) electrons. The van der Waals surface area contributed by atoms with Crippen LogP contribution in [-0.2, 0) is 23.4 Å². The summed E-state index contributed by atoms with van der Waals surface area (Å²) in [6, 6.07) is 1.04. The average Bonchev–Trinajstić information content (AvgIpc) is 3.18. The van der Waals surface area contributed by atoms with Crippen molar-refractivity contribution in [3.8, 4) is 0 Å². The maximum absolute atomic E-state index is 12.4. The van der Waals surface area contributed by atoms with Crippen molar-refractivity contribution in [1.82, 2.24) is 9.55 Å². The van der Waals surface area contributed by atoms with E-state index in [1.165, 1.54) is 7.11 Å². The summed E-state index contributed by atoms with van der Waals surface area (Å²) in [5.41, 5.74) is -1.55. The van der Waals surface area contributed by atoms with Gasteiger partial charge in [-0.3, -0.25) is 19.1 Å². The minimum Gasteiger partial charge on any atom is -0.414 e. The summed E-state index contributed by atoms with van der Waals surface area (Å²) in [7, 11) is -0.623. The molecule has 1 aromatic heterocycles. The normalized spacial score (nSPS) is 29.8. The quantitative estimate of drug-likeness (QED) is 0.526. The average molecular weight is 429 g/mol. The fraction of sp³-hybridized carbons (Fsp3) is 0.722. The number of methoxy groups -OCH3 is 1. The van der Waals surface area contributed by atoms with Crippen molar-refractivity contribution in [2.24, 2.45) is 0 Å². The number of aldehydes is 1. The molecule has 0 aromatic carbocycles. The van der Waals surface area contributed by atoms with Gasteiger partial charge in [0.05, 0.1) is 12.3 Å². The number of hydrogen-bond acceptors (Lipinski definition) is 8. The number of fused-ring (bicyclic) bond motifs is 1. The molecule has 1 unspecified atom stereocenters. The summed E-state index contributed by atoms with van der Waals surface area (Å²) in [6.07, 6.45) is -2.36. The summed E-state index contributed by atoms with van der Waals surface area (Å²) in [6.45, 7) is 9.95.